The van der Waals surface area contributed by atoms with Gasteiger partial charge in [0.05, 0.1) is 43.8 Å². The summed E-state index contributed by atoms with van der Waals surface area (Å²) in [5.41, 5.74) is 0.204. The zero-order valence-electron chi connectivity index (χ0n) is 39.7. The highest BCUT2D eigenvalue weighted by molar-refractivity contribution is 8.24. The maximum absolute atomic E-state index is 14.2. The van der Waals surface area contributed by atoms with Crippen molar-refractivity contribution in [2.75, 3.05) is 13.6 Å². The van der Waals surface area contributed by atoms with Crippen molar-refractivity contribution in [3.05, 3.63) is 108 Å². The van der Waals surface area contributed by atoms with E-state index in [0.717, 1.165) is 12.2 Å². The molecule has 0 saturated heterocycles. The molecule has 6 aliphatic rings. The average Bonchev–Trinajstić information content (AvgIpc) is 4.01. The number of amides is 1. The maximum Gasteiger partial charge on any atom is 0.333 e. The lowest BCUT2D eigenvalue weighted by atomic mass is 9.82. The molecule has 3 aromatic rings. The van der Waals surface area contributed by atoms with Gasteiger partial charge < -0.3 is 37.9 Å². The molecule has 3 aliphatic heterocycles. The standard InChI is InChI=1S/C54H52N2O15S2/c1-3-42(57)66-29-64-35-20-24-37(25-21-35)68-50(60)31-12-16-33(17-13-31)52(62)70-45-39-9-5-6-10-40(39)46(48-47(45)72-54(73-48)44-49(59)56-28-8-7-11-41(56)55-44)71-53(63)34-18-14-32(15-19-34)51(61)69-38-26-22-36(23-27-38)65-30-67-43(58)4-2/h3-11,20-21,24-25,28,31-34,36,38H,1-2,12-19,22-23,26-27,29-30H2/b54-44+. The maximum atomic E-state index is 14.2. The summed E-state index contributed by atoms with van der Waals surface area (Å²) in [4.78, 5) is 98.3. The Bertz CT molecular complexity index is 2830. The first-order valence-electron chi connectivity index (χ1n) is 24.2. The fourth-order valence-corrected chi connectivity index (χ4v) is 12.1. The van der Waals surface area contributed by atoms with Crippen LogP contribution in [-0.4, -0.2) is 78.3 Å². The lowest BCUT2D eigenvalue weighted by Crippen LogP contribution is -2.33. The van der Waals surface area contributed by atoms with Crippen LogP contribution in [0, 0.1) is 23.7 Å². The van der Waals surface area contributed by atoms with Crippen molar-refractivity contribution in [3.8, 4) is 23.0 Å². The molecule has 17 nitrogen and oxygen atoms in total. The highest BCUT2D eigenvalue weighted by Gasteiger charge is 2.41. The predicted molar refractivity (Wildman–Crippen MR) is 266 cm³/mol. The smallest absolute Gasteiger partial charge is 0.333 e. The lowest BCUT2D eigenvalue weighted by molar-refractivity contribution is -0.165. The van der Waals surface area contributed by atoms with Gasteiger partial charge in [-0.15, -0.1) is 0 Å². The molecule has 0 radical (unpaired) electrons. The van der Waals surface area contributed by atoms with Crippen molar-refractivity contribution < 1.29 is 71.5 Å². The second kappa shape index (κ2) is 23.3. The molecule has 9 rings (SSSR count). The monoisotopic (exact) mass is 1030 g/mol. The minimum absolute atomic E-state index is 0.0991. The number of carbonyl (C=O) groups is 7. The molecule has 0 unspecified atom stereocenters. The molecule has 3 aliphatic carbocycles. The quantitative estimate of drug-likeness (QED) is 0.0430. The number of benzene rings is 3. The van der Waals surface area contributed by atoms with Gasteiger partial charge in [0.15, 0.2) is 24.0 Å². The Hall–Kier alpha value is -6.96. The summed E-state index contributed by atoms with van der Waals surface area (Å²) < 4.78 is 45.6. The van der Waals surface area contributed by atoms with Gasteiger partial charge in [0, 0.05) is 29.1 Å². The van der Waals surface area contributed by atoms with Crippen LogP contribution in [0.4, 0.5) is 0 Å². The number of hydrogen-bond acceptors (Lipinski definition) is 18. The zero-order chi connectivity index (χ0) is 51.0. The van der Waals surface area contributed by atoms with Gasteiger partial charge in [0.1, 0.15) is 23.4 Å². The fourth-order valence-electron chi connectivity index (χ4n) is 9.47. The zero-order valence-corrected chi connectivity index (χ0v) is 41.3. The third kappa shape index (κ3) is 12.0. The molecule has 0 aromatic heterocycles. The van der Waals surface area contributed by atoms with Crippen molar-refractivity contribution in [2.45, 2.75) is 99.0 Å². The molecule has 1 amide bonds. The lowest BCUT2D eigenvalue weighted by Gasteiger charge is -2.31. The number of fused-ring (bicyclic) bond motifs is 3. The van der Waals surface area contributed by atoms with E-state index in [-0.39, 0.29) is 60.8 Å². The van der Waals surface area contributed by atoms with Crippen LogP contribution < -0.4 is 18.9 Å². The van der Waals surface area contributed by atoms with Crippen molar-refractivity contribution in [3.63, 3.8) is 0 Å². The molecule has 0 N–H and O–H groups in total. The number of rotatable bonds is 16. The van der Waals surface area contributed by atoms with E-state index in [1.807, 2.05) is 0 Å². The molecule has 3 aromatic carbocycles. The molecule has 3 fully saturated rings. The Labute approximate surface area is 428 Å². The van der Waals surface area contributed by atoms with Gasteiger partial charge in [-0.1, -0.05) is 67.0 Å². The van der Waals surface area contributed by atoms with Gasteiger partial charge in [0.2, 0.25) is 6.79 Å². The molecule has 19 heteroatoms. The minimum atomic E-state index is -0.618. The van der Waals surface area contributed by atoms with E-state index < -0.39 is 47.6 Å². The highest BCUT2D eigenvalue weighted by atomic mass is 32.2. The summed E-state index contributed by atoms with van der Waals surface area (Å²) in [7, 11) is 0. The van der Waals surface area contributed by atoms with Crippen molar-refractivity contribution in [2.24, 2.45) is 28.7 Å². The van der Waals surface area contributed by atoms with Crippen LogP contribution in [0.5, 0.6) is 23.0 Å². The first kappa shape index (κ1) is 51.0. The minimum Gasteiger partial charge on any atom is -0.462 e. The van der Waals surface area contributed by atoms with Gasteiger partial charge in [-0.25, -0.2) is 14.6 Å². The number of allylic oxidation sites excluding steroid dienone is 2. The van der Waals surface area contributed by atoms with Crippen LogP contribution >= 0.6 is 23.5 Å². The molecule has 0 atom stereocenters. The van der Waals surface area contributed by atoms with E-state index >= 15 is 0 Å². The Morgan fingerprint density at radius 3 is 1.63 bits per heavy atom. The van der Waals surface area contributed by atoms with E-state index in [2.05, 4.69) is 18.2 Å². The van der Waals surface area contributed by atoms with Crippen LogP contribution in [0.25, 0.3) is 10.8 Å². The molecular weight excluding hydrogens is 981 g/mol. The molecule has 0 bridgehead atoms. The molecule has 0 spiro atoms. The number of esters is 6. The summed E-state index contributed by atoms with van der Waals surface area (Å²) in [6.45, 7) is 6.25. The van der Waals surface area contributed by atoms with E-state index in [4.69, 9.17) is 37.9 Å². The van der Waals surface area contributed by atoms with Crippen molar-refractivity contribution >= 4 is 81.9 Å². The molecule has 380 valence electrons. The van der Waals surface area contributed by atoms with Gasteiger partial charge in [-0.3, -0.25) is 28.9 Å². The number of nitrogens with zero attached hydrogens (tertiary/aromatic N) is 2. The predicted octanol–water partition coefficient (Wildman–Crippen LogP) is 9.18. The Balaban J connectivity index is 0.857. The number of aliphatic imine (C=N–C) groups is 1. The van der Waals surface area contributed by atoms with E-state index in [0.29, 0.717) is 119 Å². The fraction of sp³-hybridized carbons (Fsp3) is 0.370. The highest BCUT2D eigenvalue weighted by Crippen LogP contribution is 2.62. The van der Waals surface area contributed by atoms with E-state index in [1.54, 1.807) is 73.0 Å². The van der Waals surface area contributed by atoms with Crippen LogP contribution in [0.1, 0.15) is 77.0 Å². The largest absolute Gasteiger partial charge is 0.462 e. The van der Waals surface area contributed by atoms with Gasteiger partial charge in [-0.05, 0) is 113 Å². The number of hydrogen-bond donors (Lipinski definition) is 0. The summed E-state index contributed by atoms with van der Waals surface area (Å²) in [5.74, 6) is -3.24. The van der Waals surface area contributed by atoms with Gasteiger partial charge in [-0.2, -0.15) is 0 Å². The number of carbonyl (C=O) groups excluding carboxylic acids is 7. The summed E-state index contributed by atoms with van der Waals surface area (Å²) in [6.07, 6.45) is 14.5. The Morgan fingerprint density at radius 2 is 1.10 bits per heavy atom. The van der Waals surface area contributed by atoms with Gasteiger partial charge >= 0.3 is 35.8 Å². The second-order valence-corrected chi connectivity index (χ2v) is 20.4. The number of thioether (sulfide) groups is 2. The molecule has 3 saturated carbocycles. The van der Waals surface area contributed by atoms with E-state index in [9.17, 15) is 33.6 Å². The van der Waals surface area contributed by atoms with Gasteiger partial charge in [0.25, 0.3) is 5.91 Å². The van der Waals surface area contributed by atoms with Crippen LogP contribution in [0.2, 0.25) is 0 Å². The topological polar surface area (TPSA) is 209 Å². The number of amidine groups is 1. The summed E-state index contributed by atoms with van der Waals surface area (Å²) in [6, 6.07) is 13.5. The first-order chi connectivity index (χ1) is 35.5. The SMILES string of the molecule is C=CC(=O)OCOc1ccc(OC(=O)C2CCC(C(=O)Oc3c4c(c(OC(=O)C5CCC(C(=O)OC6CCC(OCOC(=O)C=C)CC6)CC5)c5ccccc35)S/C(=C3/N=C5C=CC=CN5C3=O)S4)CC2)cc1. The number of ether oxygens (including phenoxy) is 8. The normalized spacial score (nSPS) is 24.1. The summed E-state index contributed by atoms with van der Waals surface area (Å²) >= 11 is 2.45. The second-order valence-electron chi connectivity index (χ2n) is 18.1. The Kier molecular flexibility index (Phi) is 16.3. The third-order valence-corrected chi connectivity index (χ3v) is 16.1. The Morgan fingerprint density at radius 1 is 0.603 bits per heavy atom. The van der Waals surface area contributed by atoms with Crippen LogP contribution in [0.15, 0.2) is 123 Å². The van der Waals surface area contributed by atoms with E-state index in [1.165, 1.54) is 28.4 Å². The molecule has 73 heavy (non-hydrogen) atoms. The molecular formula is C54H52N2O15S2. The molecule has 3 heterocycles. The van der Waals surface area contributed by atoms with Crippen LogP contribution in [0.3, 0.4) is 0 Å². The van der Waals surface area contributed by atoms with Crippen molar-refractivity contribution in [1.82, 2.24) is 4.90 Å². The first-order valence-corrected chi connectivity index (χ1v) is 25.8. The third-order valence-electron chi connectivity index (χ3n) is 13.5. The van der Waals surface area contributed by atoms with Crippen LogP contribution in [-0.2, 0) is 52.5 Å². The summed E-state index contributed by atoms with van der Waals surface area (Å²) in [5, 5.41) is 1.06. The average molecular weight is 1030 g/mol. The van der Waals surface area contributed by atoms with Crippen molar-refractivity contribution in [1.29, 1.82) is 0 Å².